The van der Waals surface area contributed by atoms with Crippen LogP contribution in [0.25, 0.3) is 10.9 Å². The summed E-state index contributed by atoms with van der Waals surface area (Å²) in [6.45, 7) is 4.22. The van der Waals surface area contributed by atoms with Gasteiger partial charge in [-0.25, -0.2) is 0 Å². The number of amides is 1. The molecular formula is C13H17N3O. The summed E-state index contributed by atoms with van der Waals surface area (Å²) in [7, 11) is 0. The smallest absolute Gasteiger partial charge is 0.240 e. The molecule has 0 aliphatic rings. The first-order valence-corrected chi connectivity index (χ1v) is 5.70. The van der Waals surface area contributed by atoms with Gasteiger partial charge in [0.15, 0.2) is 0 Å². The number of fused-ring (bicyclic) bond motifs is 1. The molecule has 1 heterocycles. The maximum absolute atomic E-state index is 11.7. The van der Waals surface area contributed by atoms with Crippen molar-refractivity contribution in [1.29, 1.82) is 0 Å². The summed E-state index contributed by atoms with van der Waals surface area (Å²) in [6.07, 6.45) is 1.89. The number of hydrogen-bond donors (Lipinski definition) is 2. The van der Waals surface area contributed by atoms with E-state index in [-0.39, 0.29) is 11.9 Å². The van der Waals surface area contributed by atoms with Crippen LogP contribution in [0.5, 0.6) is 0 Å². The Kier molecular flexibility index (Phi) is 3.04. The van der Waals surface area contributed by atoms with Crippen LogP contribution in [0.2, 0.25) is 0 Å². The molecular weight excluding hydrogens is 214 g/mol. The zero-order valence-electron chi connectivity index (χ0n) is 10.1. The lowest BCUT2D eigenvalue weighted by molar-refractivity contribution is -0.122. The molecule has 0 saturated heterocycles. The Hall–Kier alpha value is -1.97. The summed E-state index contributed by atoms with van der Waals surface area (Å²) in [5.74, 6) is 0.0138. The van der Waals surface area contributed by atoms with E-state index in [1.54, 1.807) is 0 Å². The highest BCUT2D eigenvalue weighted by atomic mass is 16.2. The standard InChI is InChI=1S/C13H17N3O/c1-9(2)15-13(17)8-16-7-6-10-11(14)4-3-5-12(10)16/h3-7,9H,8,14H2,1-2H3,(H,15,17). The van der Waals surface area contributed by atoms with Gasteiger partial charge in [0.2, 0.25) is 5.91 Å². The average molecular weight is 231 g/mol. The van der Waals surface area contributed by atoms with E-state index in [0.717, 1.165) is 16.6 Å². The van der Waals surface area contributed by atoms with E-state index < -0.39 is 0 Å². The van der Waals surface area contributed by atoms with Gasteiger partial charge in [0.25, 0.3) is 0 Å². The van der Waals surface area contributed by atoms with Gasteiger partial charge in [-0.05, 0) is 32.0 Å². The molecule has 0 atom stereocenters. The third-order valence-electron chi connectivity index (χ3n) is 2.61. The Morgan fingerprint density at radius 2 is 2.18 bits per heavy atom. The predicted molar refractivity (Wildman–Crippen MR) is 69.6 cm³/mol. The van der Waals surface area contributed by atoms with Crippen molar-refractivity contribution >= 4 is 22.5 Å². The fraction of sp³-hybridized carbons (Fsp3) is 0.308. The molecule has 2 rings (SSSR count). The van der Waals surface area contributed by atoms with Crippen LogP contribution < -0.4 is 11.1 Å². The molecule has 0 aliphatic carbocycles. The second-order valence-corrected chi connectivity index (χ2v) is 4.45. The van der Waals surface area contributed by atoms with Crippen LogP contribution >= 0.6 is 0 Å². The lowest BCUT2D eigenvalue weighted by atomic mass is 10.2. The van der Waals surface area contributed by atoms with Crippen molar-refractivity contribution in [3.05, 3.63) is 30.5 Å². The number of aromatic nitrogens is 1. The van der Waals surface area contributed by atoms with Gasteiger partial charge in [0.1, 0.15) is 6.54 Å². The van der Waals surface area contributed by atoms with E-state index >= 15 is 0 Å². The molecule has 1 aromatic carbocycles. The zero-order chi connectivity index (χ0) is 12.4. The highest BCUT2D eigenvalue weighted by molar-refractivity contribution is 5.92. The topological polar surface area (TPSA) is 60.0 Å². The lowest BCUT2D eigenvalue weighted by Gasteiger charge is -2.10. The SMILES string of the molecule is CC(C)NC(=O)Cn1ccc2c(N)cccc21. The molecule has 3 N–H and O–H groups in total. The second-order valence-electron chi connectivity index (χ2n) is 4.45. The van der Waals surface area contributed by atoms with E-state index in [2.05, 4.69) is 5.32 Å². The quantitative estimate of drug-likeness (QED) is 0.790. The van der Waals surface area contributed by atoms with Crippen molar-refractivity contribution in [3.63, 3.8) is 0 Å². The van der Waals surface area contributed by atoms with Gasteiger partial charge in [0, 0.05) is 23.3 Å². The maximum Gasteiger partial charge on any atom is 0.240 e. The van der Waals surface area contributed by atoms with Gasteiger partial charge in [-0.2, -0.15) is 0 Å². The summed E-state index contributed by atoms with van der Waals surface area (Å²) in [5.41, 5.74) is 7.60. The van der Waals surface area contributed by atoms with Crippen LogP contribution in [-0.4, -0.2) is 16.5 Å². The Bertz CT molecular complexity index is 543. The first kappa shape index (κ1) is 11.5. The number of benzene rings is 1. The molecule has 0 unspecified atom stereocenters. The van der Waals surface area contributed by atoms with Crippen molar-refractivity contribution in [2.75, 3.05) is 5.73 Å². The van der Waals surface area contributed by atoms with Crippen molar-refractivity contribution in [2.24, 2.45) is 0 Å². The number of carbonyl (C=O) groups is 1. The molecule has 17 heavy (non-hydrogen) atoms. The number of nitrogen functional groups attached to an aromatic ring is 1. The Balaban J connectivity index is 2.25. The number of hydrogen-bond acceptors (Lipinski definition) is 2. The predicted octanol–water partition coefficient (Wildman–Crippen LogP) is 1.75. The molecule has 0 fully saturated rings. The van der Waals surface area contributed by atoms with Gasteiger partial charge in [-0.3, -0.25) is 4.79 Å². The van der Waals surface area contributed by atoms with Crippen LogP contribution in [0.4, 0.5) is 5.69 Å². The van der Waals surface area contributed by atoms with Crippen LogP contribution in [0.15, 0.2) is 30.5 Å². The van der Waals surface area contributed by atoms with Gasteiger partial charge >= 0.3 is 0 Å². The Labute approximate surface area is 100 Å². The monoisotopic (exact) mass is 231 g/mol. The number of nitrogens with two attached hydrogens (primary N) is 1. The molecule has 0 spiro atoms. The second kappa shape index (κ2) is 4.49. The molecule has 0 radical (unpaired) electrons. The van der Waals surface area contributed by atoms with E-state index in [4.69, 9.17) is 5.73 Å². The first-order chi connectivity index (χ1) is 8.08. The zero-order valence-corrected chi connectivity index (χ0v) is 10.1. The van der Waals surface area contributed by atoms with Gasteiger partial charge in [-0.1, -0.05) is 6.07 Å². The molecule has 4 heteroatoms. The van der Waals surface area contributed by atoms with E-state index in [0.29, 0.717) is 6.54 Å². The summed E-state index contributed by atoms with van der Waals surface area (Å²) < 4.78 is 1.91. The van der Waals surface area contributed by atoms with Crippen LogP contribution in [-0.2, 0) is 11.3 Å². The highest BCUT2D eigenvalue weighted by Gasteiger charge is 2.08. The molecule has 4 nitrogen and oxygen atoms in total. The maximum atomic E-state index is 11.7. The van der Waals surface area contributed by atoms with Crippen LogP contribution in [0.1, 0.15) is 13.8 Å². The number of nitrogens with zero attached hydrogens (tertiary/aromatic N) is 1. The van der Waals surface area contributed by atoms with E-state index in [9.17, 15) is 4.79 Å². The van der Waals surface area contributed by atoms with Crippen molar-refractivity contribution in [3.8, 4) is 0 Å². The summed E-state index contributed by atoms with van der Waals surface area (Å²) in [6, 6.07) is 7.83. The minimum absolute atomic E-state index is 0.0138. The van der Waals surface area contributed by atoms with E-state index in [1.807, 2.05) is 48.9 Å². The summed E-state index contributed by atoms with van der Waals surface area (Å²) in [5, 5.41) is 3.86. The van der Waals surface area contributed by atoms with Crippen LogP contribution in [0.3, 0.4) is 0 Å². The number of nitrogens with one attached hydrogen (secondary N) is 1. The third-order valence-corrected chi connectivity index (χ3v) is 2.61. The molecule has 90 valence electrons. The Morgan fingerprint density at radius 3 is 2.88 bits per heavy atom. The number of anilines is 1. The largest absolute Gasteiger partial charge is 0.398 e. The molecule has 0 bridgehead atoms. The lowest BCUT2D eigenvalue weighted by Crippen LogP contribution is -2.32. The summed E-state index contributed by atoms with van der Waals surface area (Å²) >= 11 is 0. The van der Waals surface area contributed by atoms with Crippen LogP contribution in [0, 0.1) is 0 Å². The fourth-order valence-electron chi connectivity index (χ4n) is 1.91. The van der Waals surface area contributed by atoms with Crippen molar-refractivity contribution in [2.45, 2.75) is 26.4 Å². The molecule has 1 aromatic heterocycles. The minimum Gasteiger partial charge on any atom is -0.398 e. The Morgan fingerprint density at radius 1 is 1.41 bits per heavy atom. The molecule has 1 amide bonds. The van der Waals surface area contributed by atoms with Gasteiger partial charge in [-0.15, -0.1) is 0 Å². The van der Waals surface area contributed by atoms with Gasteiger partial charge < -0.3 is 15.6 Å². The van der Waals surface area contributed by atoms with Crippen molar-refractivity contribution in [1.82, 2.24) is 9.88 Å². The fourth-order valence-corrected chi connectivity index (χ4v) is 1.91. The van der Waals surface area contributed by atoms with Gasteiger partial charge in [0.05, 0.1) is 5.52 Å². The summed E-state index contributed by atoms with van der Waals surface area (Å²) in [4.78, 5) is 11.7. The van der Waals surface area contributed by atoms with E-state index in [1.165, 1.54) is 0 Å². The number of rotatable bonds is 3. The van der Waals surface area contributed by atoms with Crippen molar-refractivity contribution < 1.29 is 4.79 Å². The minimum atomic E-state index is 0.0138. The molecule has 0 aliphatic heterocycles. The molecule has 0 saturated carbocycles. The number of carbonyl (C=O) groups excluding carboxylic acids is 1. The first-order valence-electron chi connectivity index (χ1n) is 5.70. The molecule has 2 aromatic rings. The average Bonchev–Trinajstić information content (AvgIpc) is 2.62. The third kappa shape index (κ3) is 2.41. The highest BCUT2D eigenvalue weighted by Crippen LogP contribution is 2.21. The normalized spacial score (nSPS) is 11.0.